The number of benzene rings is 2. The quantitative estimate of drug-likeness (QED) is 0.580. The maximum absolute atomic E-state index is 12.9. The molecule has 0 unspecified atom stereocenters. The van der Waals surface area contributed by atoms with E-state index < -0.39 is 0 Å². The van der Waals surface area contributed by atoms with Gasteiger partial charge in [-0.15, -0.1) is 0 Å². The summed E-state index contributed by atoms with van der Waals surface area (Å²) in [6.45, 7) is 10.6. The lowest BCUT2D eigenvalue weighted by atomic mass is 10.1. The first kappa shape index (κ1) is 21.2. The highest BCUT2D eigenvalue weighted by Crippen LogP contribution is 2.20. The Hall–Kier alpha value is -3.05. The third-order valence-electron chi connectivity index (χ3n) is 5.76. The predicted molar refractivity (Wildman–Crippen MR) is 121 cm³/mol. The maximum atomic E-state index is 12.9. The van der Waals surface area contributed by atoms with E-state index in [0.717, 1.165) is 36.5 Å². The highest BCUT2D eigenvalue weighted by molar-refractivity contribution is 5.91. The lowest BCUT2D eigenvalue weighted by Gasteiger charge is -2.34. The molecule has 31 heavy (non-hydrogen) atoms. The number of rotatable bonds is 6. The summed E-state index contributed by atoms with van der Waals surface area (Å²) in [7, 11) is 0. The summed E-state index contributed by atoms with van der Waals surface area (Å²) >= 11 is 0. The van der Waals surface area contributed by atoms with E-state index in [-0.39, 0.29) is 5.91 Å². The molecule has 0 N–H and O–H groups in total. The molecule has 5 nitrogen and oxygen atoms in total. The first-order valence-electron chi connectivity index (χ1n) is 10.8. The summed E-state index contributed by atoms with van der Waals surface area (Å²) in [5.41, 5.74) is 4.98. The summed E-state index contributed by atoms with van der Waals surface area (Å²) in [5, 5.41) is 0. The van der Waals surface area contributed by atoms with Crippen LogP contribution in [0.1, 0.15) is 38.6 Å². The van der Waals surface area contributed by atoms with Crippen LogP contribution in [0.5, 0.6) is 5.75 Å². The minimum absolute atomic E-state index is 0.0480. The molecular formula is C26H30N2O3. The van der Waals surface area contributed by atoms with Crippen molar-refractivity contribution in [1.82, 2.24) is 9.80 Å². The minimum Gasteiger partial charge on any atom is -0.486 e. The molecule has 0 saturated carbocycles. The topological polar surface area (TPSA) is 45.9 Å². The van der Waals surface area contributed by atoms with Crippen LogP contribution in [0, 0.1) is 20.8 Å². The van der Waals surface area contributed by atoms with Gasteiger partial charge in [-0.3, -0.25) is 9.69 Å². The van der Waals surface area contributed by atoms with E-state index >= 15 is 0 Å². The zero-order chi connectivity index (χ0) is 21.8. The molecule has 1 aliphatic heterocycles. The van der Waals surface area contributed by atoms with Crippen molar-refractivity contribution in [3.8, 4) is 5.75 Å². The van der Waals surface area contributed by atoms with Gasteiger partial charge in [-0.1, -0.05) is 30.3 Å². The van der Waals surface area contributed by atoms with Crippen molar-refractivity contribution in [3.63, 3.8) is 0 Å². The van der Waals surface area contributed by atoms with Gasteiger partial charge in [-0.05, 0) is 67.3 Å². The third kappa shape index (κ3) is 5.36. The summed E-state index contributed by atoms with van der Waals surface area (Å²) < 4.78 is 11.6. The SMILES string of the molecule is Cc1cc(C)cc(OCc2ccc(C(=O)N3CCN(Cc4ccccc4C)CC3)o2)c1. The minimum atomic E-state index is -0.0480. The molecule has 3 aromatic rings. The van der Waals surface area contributed by atoms with E-state index in [0.29, 0.717) is 31.2 Å². The average Bonchev–Trinajstić information content (AvgIpc) is 3.22. The lowest BCUT2D eigenvalue weighted by molar-refractivity contribution is 0.0594. The van der Waals surface area contributed by atoms with Crippen molar-refractivity contribution in [3.05, 3.63) is 88.4 Å². The van der Waals surface area contributed by atoms with Crippen molar-refractivity contribution in [1.29, 1.82) is 0 Å². The number of carbonyl (C=O) groups excluding carboxylic acids is 1. The van der Waals surface area contributed by atoms with Crippen LogP contribution in [0.3, 0.4) is 0 Å². The zero-order valence-corrected chi connectivity index (χ0v) is 18.6. The first-order valence-corrected chi connectivity index (χ1v) is 10.8. The molecule has 4 rings (SSSR count). The van der Waals surface area contributed by atoms with Gasteiger partial charge in [0.15, 0.2) is 5.76 Å². The molecule has 0 aliphatic carbocycles. The lowest BCUT2D eigenvalue weighted by Crippen LogP contribution is -2.48. The van der Waals surface area contributed by atoms with Crippen LogP contribution in [-0.2, 0) is 13.2 Å². The van der Waals surface area contributed by atoms with Crippen LogP contribution >= 0.6 is 0 Å². The normalized spacial score (nSPS) is 14.6. The Bertz CT molecular complexity index is 1030. The molecule has 0 atom stereocenters. The molecule has 2 heterocycles. The summed E-state index contributed by atoms with van der Waals surface area (Å²) in [6, 6.07) is 18.2. The van der Waals surface area contributed by atoms with Gasteiger partial charge in [0.2, 0.25) is 0 Å². The van der Waals surface area contributed by atoms with Crippen molar-refractivity contribution in [2.75, 3.05) is 26.2 Å². The van der Waals surface area contributed by atoms with Crippen LogP contribution in [0.4, 0.5) is 0 Å². The predicted octanol–water partition coefficient (Wildman–Crippen LogP) is 4.74. The fraction of sp³-hybridized carbons (Fsp3) is 0.346. The van der Waals surface area contributed by atoms with E-state index in [1.807, 2.05) is 36.9 Å². The molecule has 1 amide bonds. The smallest absolute Gasteiger partial charge is 0.289 e. The van der Waals surface area contributed by atoms with Gasteiger partial charge in [0, 0.05) is 32.7 Å². The summed E-state index contributed by atoms with van der Waals surface area (Å²) in [6.07, 6.45) is 0. The van der Waals surface area contributed by atoms with E-state index in [2.05, 4.69) is 42.2 Å². The second-order valence-corrected chi connectivity index (χ2v) is 8.37. The summed E-state index contributed by atoms with van der Waals surface area (Å²) in [4.78, 5) is 17.1. The molecule has 0 spiro atoms. The largest absolute Gasteiger partial charge is 0.486 e. The zero-order valence-electron chi connectivity index (χ0n) is 18.6. The van der Waals surface area contributed by atoms with Gasteiger partial charge >= 0.3 is 0 Å². The fourth-order valence-corrected chi connectivity index (χ4v) is 4.03. The van der Waals surface area contributed by atoms with Gasteiger partial charge in [0.1, 0.15) is 18.1 Å². The number of furan rings is 1. The molecule has 1 saturated heterocycles. The Kier molecular flexibility index (Phi) is 6.42. The average molecular weight is 419 g/mol. The molecule has 1 aliphatic rings. The van der Waals surface area contributed by atoms with E-state index in [1.165, 1.54) is 11.1 Å². The second kappa shape index (κ2) is 9.40. The number of carbonyl (C=O) groups is 1. The molecule has 1 aromatic heterocycles. The fourth-order valence-electron chi connectivity index (χ4n) is 4.03. The van der Waals surface area contributed by atoms with Gasteiger partial charge in [-0.25, -0.2) is 0 Å². The molecular weight excluding hydrogens is 388 g/mol. The monoisotopic (exact) mass is 418 g/mol. The van der Waals surface area contributed by atoms with Gasteiger partial charge in [0.05, 0.1) is 0 Å². The highest BCUT2D eigenvalue weighted by atomic mass is 16.5. The molecule has 162 valence electrons. The number of nitrogens with zero attached hydrogens (tertiary/aromatic N) is 2. The Labute approximate surface area is 184 Å². The van der Waals surface area contributed by atoms with Crippen LogP contribution in [0.2, 0.25) is 0 Å². The molecule has 5 heteroatoms. The van der Waals surface area contributed by atoms with Crippen LogP contribution in [0.25, 0.3) is 0 Å². The standard InChI is InChI=1S/C26H30N2O3/c1-19-14-20(2)16-24(15-19)30-18-23-8-9-25(31-23)26(29)28-12-10-27(11-13-28)17-22-7-5-4-6-21(22)3/h4-9,14-16H,10-13,17-18H2,1-3H3. The van der Waals surface area contributed by atoms with E-state index in [9.17, 15) is 4.79 Å². The van der Waals surface area contributed by atoms with Gasteiger partial charge < -0.3 is 14.1 Å². The molecule has 0 radical (unpaired) electrons. The first-order chi connectivity index (χ1) is 15.0. The molecule has 2 aromatic carbocycles. The number of hydrogen-bond acceptors (Lipinski definition) is 4. The second-order valence-electron chi connectivity index (χ2n) is 8.37. The van der Waals surface area contributed by atoms with E-state index in [1.54, 1.807) is 6.07 Å². The molecule has 0 bridgehead atoms. The van der Waals surface area contributed by atoms with Crippen molar-refractivity contribution in [2.24, 2.45) is 0 Å². The maximum Gasteiger partial charge on any atom is 0.289 e. The number of hydrogen-bond donors (Lipinski definition) is 0. The molecule has 1 fully saturated rings. The number of aryl methyl sites for hydroxylation is 3. The van der Waals surface area contributed by atoms with Crippen molar-refractivity contribution >= 4 is 5.91 Å². The van der Waals surface area contributed by atoms with E-state index in [4.69, 9.17) is 9.15 Å². The number of ether oxygens (including phenoxy) is 1. The van der Waals surface area contributed by atoms with Gasteiger partial charge in [0.25, 0.3) is 5.91 Å². The van der Waals surface area contributed by atoms with Crippen LogP contribution in [-0.4, -0.2) is 41.9 Å². The Morgan fingerprint density at radius 1 is 0.935 bits per heavy atom. The van der Waals surface area contributed by atoms with Gasteiger partial charge in [-0.2, -0.15) is 0 Å². The third-order valence-corrected chi connectivity index (χ3v) is 5.76. The van der Waals surface area contributed by atoms with Crippen LogP contribution in [0.15, 0.2) is 59.0 Å². The van der Waals surface area contributed by atoms with Crippen LogP contribution < -0.4 is 4.74 Å². The summed E-state index contributed by atoms with van der Waals surface area (Å²) in [5.74, 6) is 1.80. The Balaban J connectivity index is 1.29. The Morgan fingerprint density at radius 3 is 2.35 bits per heavy atom. The van der Waals surface area contributed by atoms with Crippen molar-refractivity contribution < 1.29 is 13.9 Å². The highest BCUT2D eigenvalue weighted by Gasteiger charge is 2.24. The Morgan fingerprint density at radius 2 is 1.65 bits per heavy atom. The number of amides is 1. The number of piperazine rings is 1. The van der Waals surface area contributed by atoms with Crippen molar-refractivity contribution in [2.45, 2.75) is 33.9 Å².